The van der Waals surface area contributed by atoms with Crippen LogP contribution in [0.3, 0.4) is 0 Å². The number of anilines is 2. The van der Waals surface area contributed by atoms with Gasteiger partial charge >= 0.3 is 16.5 Å². The smallest absolute Gasteiger partial charge is 0.319 e. The van der Waals surface area contributed by atoms with Gasteiger partial charge in [0.2, 0.25) is 0 Å². The van der Waals surface area contributed by atoms with E-state index in [-0.39, 0.29) is 37.7 Å². The minimum absolute atomic E-state index is 0.137. The Labute approximate surface area is 226 Å². The van der Waals surface area contributed by atoms with Gasteiger partial charge in [0.1, 0.15) is 48.4 Å². The van der Waals surface area contributed by atoms with Crippen LogP contribution >= 0.6 is 16.5 Å². The molecule has 8 atom stereocenters. The van der Waals surface area contributed by atoms with Gasteiger partial charge in [-0.25, -0.2) is 29.9 Å². The van der Waals surface area contributed by atoms with Crippen molar-refractivity contribution in [1.29, 1.82) is 0 Å². The summed E-state index contributed by atoms with van der Waals surface area (Å²) in [5.41, 5.74) is 13.6. The van der Waals surface area contributed by atoms with E-state index in [1.807, 2.05) is 0 Å². The third-order valence-corrected chi connectivity index (χ3v) is 8.78. The van der Waals surface area contributed by atoms with Crippen LogP contribution in [0.25, 0.3) is 22.3 Å². The molecule has 0 saturated carbocycles. The molecule has 20 heteroatoms. The molecule has 18 nitrogen and oxygen atoms in total. The minimum atomic E-state index is -2.99. The lowest BCUT2D eigenvalue weighted by atomic mass is 10.2. The van der Waals surface area contributed by atoms with Crippen molar-refractivity contribution < 1.29 is 36.7 Å². The van der Waals surface area contributed by atoms with Crippen molar-refractivity contribution in [2.45, 2.75) is 49.7 Å². The predicted octanol–water partition coefficient (Wildman–Crippen LogP) is 1.00. The number of nitrogens with two attached hydrogens (primary N) is 2. The second-order valence-electron chi connectivity index (χ2n) is 9.33. The molecule has 3 saturated heterocycles. The zero-order valence-corrected chi connectivity index (χ0v) is 22.6. The fourth-order valence-corrected chi connectivity index (χ4v) is 6.79. The molecule has 7 rings (SSSR count). The van der Waals surface area contributed by atoms with Crippen molar-refractivity contribution in [3.05, 3.63) is 25.3 Å². The van der Waals surface area contributed by atoms with Crippen LogP contribution in [-0.4, -0.2) is 76.7 Å². The van der Waals surface area contributed by atoms with Crippen LogP contribution in [0.4, 0.5) is 11.6 Å². The lowest BCUT2D eigenvalue weighted by Crippen LogP contribution is -2.30. The van der Waals surface area contributed by atoms with Crippen LogP contribution < -0.4 is 11.5 Å². The SMILES string of the molecule is Nc1ncnc2c1ncn2[C@H]1C[C@@H]2O[PH](=O)OC[C@H]3O[C@@H](n4cnc5c(N)ncnc54)C[C@@H]3O[PH](=O)OC[C@H]2O1. The highest BCUT2D eigenvalue weighted by Gasteiger charge is 2.43. The van der Waals surface area contributed by atoms with Gasteiger partial charge in [-0.3, -0.25) is 18.3 Å². The highest BCUT2D eigenvalue weighted by molar-refractivity contribution is 7.33. The summed E-state index contributed by atoms with van der Waals surface area (Å²) < 4.78 is 64.0. The first kappa shape index (κ1) is 25.9. The van der Waals surface area contributed by atoms with Gasteiger partial charge in [-0.2, -0.15) is 0 Å². The van der Waals surface area contributed by atoms with Crippen LogP contribution in [0.2, 0.25) is 0 Å². The van der Waals surface area contributed by atoms with Crippen LogP contribution in [0.15, 0.2) is 25.3 Å². The van der Waals surface area contributed by atoms with E-state index < -0.39 is 53.4 Å². The molecule has 0 aromatic carbocycles. The fourth-order valence-electron chi connectivity index (χ4n) is 5.07. The zero-order valence-electron chi connectivity index (χ0n) is 20.6. The molecule has 7 heterocycles. The Morgan fingerprint density at radius 1 is 0.675 bits per heavy atom. The van der Waals surface area contributed by atoms with Crippen molar-refractivity contribution in [1.82, 2.24) is 39.0 Å². The van der Waals surface area contributed by atoms with Crippen molar-refractivity contribution in [3.8, 4) is 0 Å². The molecule has 4 aromatic heterocycles. The van der Waals surface area contributed by atoms with Crippen molar-refractivity contribution in [2.24, 2.45) is 0 Å². The normalized spacial score (nSPS) is 33.4. The largest absolute Gasteiger partial charge is 0.382 e. The first-order valence-electron chi connectivity index (χ1n) is 12.3. The maximum atomic E-state index is 12.9. The van der Waals surface area contributed by atoms with Crippen LogP contribution in [-0.2, 0) is 36.7 Å². The third-order valence-electron chi connectivity index (χ3n) is 6.98. The number of imidazole rings is 2. The molecule has 0 amide bonds. The molecular formula is C20H24N10O8P2. The number of aromatic nitrogens is 8. The Morgan fingerprint density at radius 2 is 1.12 bits per heavy atom. The molecule has 4 N–H and O–H groups in total. The summed E-state index contributed by atoms with van der Waals surface area (Å²) in [6.07, 6.45) is 2.24. The third kappa shape index (κ3) is 4.65. The van der Waals surface area contributed by atoms with E-state index in [1.54, 1.807) is 9.13 Å². The Balaban J connectivity index is 1.08. The Kier molecular flexibility index (Phi) is 6.72. The Morgan fingerprint density at radius 3 is 1.57 bits per heavy atom. The van der Waals surface area contributed by atoms with Crippen molar-refractivity contribution >= 4 is 50.5 Å². The molecule has 0 bridgehead atoms. The van der Waals surface area contributed by atoms with Crippen LogP contribution in [0.5, 0.6) is 0 Å². The second kappa shape index (κ2) is 10.4. The highest BCUT2D eigenvalue weighted by atomic mass is 31.1. The maximum Gasteiger partial charge on any atom is 0.319 e. The van der Waals surface area contributed by atoms with E-state index in [0.29, 0.717) is 22.3 Å². The lowest BCUT2D eigenvalue weighted by Gasteiger charge is -2.23. The predicted molar refractivity (Wildman–Crippen MR) is 136 cm³/mol. The molecule has 0 spiro atoms. The maximum absolute atomic E-state index is 12.9. The number of fused-ring (bicyclic) bond motifs is 4. The molecule has 40 heavy (non-hydrogen) atoms. The van der Waals surface area contributed by atoms with Gasteiger partial charge in [0.05, 0.1) is 38.1 Å². The van der Waals surface area contributed by atoms with Gasteiger partial charge in [-0.05, 0) is 0 Å². The molecule has 3 aliphatic rings. The molecule has 212 valence electrons. The zero-order chi connectivity index (χ0) is 27.4. The minimum Gasteiger partial charge on any atom is -0.382 e. The molecule has 4 aromatic rings. The number of nitrogens with zero attached hydrogens (tertiary/aromatic N) is 8. The van der Waals surface area contributed by atoms with E-state index >= 15 is 0 Å². The van der Waals surface area contributed by atoms with Crippen molar-refractivity contribution in [2.75, 3.05) is 24.7 Å². The highest BCUT2D eigenvalue weighted by Crippen LogP contribution is 2.44. The second-order valence-corrected chi connectivity index (χ2v) is 11.4. The van der Waals surface area contributed by atoms with Gasteiger partial charge in [0.15, 0.2) is 22.9 Å². The molecule has 3 aliphatic heterocycles. The first-order chi connectivity index (χ1) is 19.4. The number of rotatable bonds is 2. The van der Waals surface area contributed by atoms with Gasteiger partial charge in [0.25, 0.3) is 0 Å². The summed E-state index contributed by atoms with van der Waals surface area (Å²) in [4.78, 5) is 24.9. The lowest BCUT2D eigenvalue weighted by molar-refractivity contribution is -0.0523. The van der Waals surface area contributed by atoms with Crippen LogP contribution in [0, 0.1) is 0 Å². The van der Waals surface area contributed by atoms with Gasteiger partial charge in [-0.15, -0.1) is 0 Å². The average molecular weight is 594 g/mol. The summed E-state index contributed by atoms with van der Waals surface area (Å²) in [5, 5.41) is 0. The summed E-state index contributed by atoms with van der Waals surface area (Å²) in [5.74, 6) is 0.464. The topological polar surface area (TPSA) is 229 Å². The Hall–Kier alpha value is -3.08. The fraction of sp³-hybridized carbons (Fsp3) is 0.500. The summed E-state index contributed by atoms with van der Waals surface area (Å²) in [7, 11) is -5.98. The van der Waals surface area contributed by atoms with E-state index in [4.69, 9.17) is 39.0 Å². The molecular weight excluding hydrogens is 570 g/mol. The molecule has 2 unspecified atom stereocenters. The van der Waals surface area contributed by atoms with E-state index in [0.717, 1.165) is 0 Å². The van der Waals surface area contributed by atoms with Gasteiger partial charge in [-0.1, -0.05) is 0 Å². The number of hydrogen-bond acceptors (Lipinski definition) is 16. The number of ether oxygens (including phenoxy) is 2. The van der Waals surface area contributed by atoms with E-state index in [1.165, 1.54) is 25.3 Å². The summed E-state index contributed by atoms with van der Waals surface area (Å²) >= 11 is 0. The van der Waals surface area contributed by atoms with E-state index in [9.17, 15) is 9.13 Å². The Bertz CT molecular complexity index is 1500. The van der Waals surface area contributed by atoms with Gasteiger partial charge < -0.3 is 39.0 Å². The molecule has 0 aliphatic carbocycles. The van der Waals surface area contributed by atoms with E-state index in [2.05, 4.69) is 29.9 Å². The van der Waals surface area contributed by atoms with Gasteiger partial charge in [0, 0.05) is 12.8 Å². The quantitative estimate of drug-likeness (QED) is 0.308. The molecule has 0 radical (unpaired) electrons. The molecule has 3 fully saturated rings. The first-order valence-corrected chi connectivity index (χ1v) is 14.7. The van der Waals surface area contributed by atoms with Crippen LogP contribution in [0.1, 0.15) is 25.3 Å². The monoisotopic (exact) mass is 594 g/mol. The van der Waals surface area contributed by atoms with Crippen molar-refractivity contribution in [3.63, 3.8) is 0 Å². The summed E-state index contributed by atoms with van der Waals surface area (Å²) in [6, 6.07) is 0. The number of hydrogen-bond donors (Lipinski definition) is 2. The summed E-state index contributed by atoms with van der Waals surface area (Å²) in [6.45, 7) is -0.274. The standard InChI is InChI=1S/C20H24N10O8P2/c21-17-15-19(25-5-23-17)29(7-27-15)13-1-9-11(35-13)3-33-40(32)38-10-2-14(36-12(10)4-34-39(31)37-9)30-8-28-16-18(22)24-6-26-20(16)30/h5-14,39-40H,1-4H2,(H2,21,23,25)(H2,22,24,26)/t9-,10-,11+,12+,13+,14+/m0/s1. The average Bonchev–Trinajstić information content (AvgIpc) is 3.71. The number of nitrogen functional groups attached to an aromatic ring is 2.